The van der Waals surface area contributed by atoms with E-state index in [1.807, 2.05) is 17.0 Å². The number of ether oxygens (including phenoxy) is 2. The number of aliphatic imine (C=N–C) groups is 1. The van der Waals surface area contributed by atoms with E-state index in [-0.39, 0.29) is 23.8 Å². The highest BCUT2D eigenvalue weighted by Gasteiger charge is 2.33. The third-order valence-corrected chi connectivity index (χ3v) is 9.54. The Kier molecular flexibility index (Phi) is 9.23. The first-order valence-corrected chi connectivity index (χ1v) is 15.7. The van der Waals surface area contributed by atoms with E-state index in [1.54, 1.807) is 55.0 Å². The highest BCUT2D eigenvalue weighted by molar-refractivity contribution is 7.16. The lowest BCUT2D eigenvalue weighted by molar-refractivity contribution is -0.132. The van der Waals surface area contributed by atoms with Gasteiger partial charge in [-0.05, 0) is 97.0 Å². The van der Waals surface area contributed by atoms with Crippen molar-refractivity contribution in [3.63, 3.8) is 0 Å². The van der Waals surface area contributed by atoms with Crippen LogP contribution in [0.1, 0.15) is 66.4 Å². The maximum atomic E-state index is 13.6. The number of thiophene rings is 1. The molecule has 2 heterocycles. The fourth-order valence-electron chi connectivity index (χ4n) is 5.58. The van der Waals surface area contributed by atoms with Crippen molar-refractivity contribution in [3.8, 4) is 11.5 Å². The van der Waals surface area contributed by atoms with Crippen LogP contribution in [0.5, 0.6) is 11.5 Å². The molecule has 0 spiro atoms. The number of carbonyl (C=O) groups excluding carboxylic acids is 2. The number of hydrogen-bond acceptors (Lipinski definition) is 6. The summed E-state index contributed by atoms with van der Waals surface area (Å²) in [7, 11) is 1.57. The molecule has 1 aliphatic carbocycles. The van der Waals surface area contributed by atoms with Crippen molar-refractivity contribution in [1.82, 2.24) is 4.90 Å². The standard InChI is InChI=1S/C33H38ClN3O4S/c1-33(2,3)22-8-13-25-28(18-22)42-32(30(25)31(39)36-24-11-9-23(34)10-12-24)35-19-21-7-14-26(27(17-21)40-4)41-20-29(38)37-15-5-6-16-37/h7,9-12,14,17,19,22H,5-6,8,13,15-16,18,20H2,1-4H3,(H,36,39)/t22-/m0/s1. The summed E-state index contributed by atoms with van der Waals surface area (Å²) in [5.74, 6) is 1.39. The summed E-state index contributed by atoms with van der Waals surface area (Å²) < 4.78 is 11.4. The van der Waals surface area contributed by atoms with Crippen LogP contribution in [-0.4, -0.2) is 49.7 Å². The number of halogens is 1. The van der Waals surface area contributed by atoms with E-state index in [0.29, 0.717) is 38.7 Å². The van der Waals surface area contributed by atoms with Gasteiger partial charge in [0.1, 0.15) is 5.00 Å². The number of fused-ring (bicyclic) bond motifs is 1. The second-order valence-electron chi connectivity index (χ2n) is 12.0. The first kappa shape index (κ1) is 30.1. The Morgan fingerprint density at radius 1 is 1.12 bits per heavy atom. The molecule has 3 aromatic rings. The van der Waals surface area contributed by atoms with Crippen molar-refractivity contribution in [2.45, 2.75) is 52.9 Å². The van der Waals surface area contributed by atoms with Crippen molar-refractivity contribution >= 4 is 51.7 Å². The SMILES string of the molecule is COc1cc(C=Nc2sc3c(c2C(=O)Nc2ccc(Cl)cc2)CC[C@H](C(C)(C)C)C3)ccc1OCC(=O)N1CCCC1. The summed E-state index contributed by atoms with van der Waals surface area (Å²) in [4.78, 5) is 34.0. The Morgan fingerprint density at radius 2 is 1.86 bits per heavy atom. The number of hydrogen-bond donors (Lipinski definition) is 1. The molecule has 1 aromatic heterocycles. The highest BCUT2D eigenvalue weighted by Crippen LogP contribution is 2.45. The van der Waals surface area contributed by atoms with E-state index in [1.165, 1.54) is 4.88 Å². The maximum absolute atomic E-state index is 13.6. The predicted molar refractivity (Wildman–Crippen MR) is 170 cm³/mol. The first-order chi connectivity index (χ1) is 20.1. The van der Waals surface area contributed by atoms with E-state index in [2.05, 4.69) is 26.1 Å². The van der Waals surface area contributed by atoms with Crippen LogP contribution in [0.15, 0.2) is 47.5 Å². The molecule has 0 radical (unpaired) electrons. The molecule has 2 aliphatic rings. The largest absolute Gasteiger partial charge is 0.493 e. The molecule has 1 N–H and O–H groups in total. The topological polar surface area (TPSA) is 80.2 Å². The lowest BCUT2D eigenvalue weighted by atomic mass is 9.72. The second kappa shape index (κ2) is 12.9. The Hall–Kier alpha value is -3.36. The summed E-state index contributed by atoms with van der Waals surface area (Å²) in [6.45, 7) is 8.41. The summed E-state index contributed by atoms with van der Waals surface area (Å²) in [5, 5.41) is 4.34. The summed E-state index contributed by atoms with van der Waals surface area (Å²) in [6, 6.07) is 12.6. The van der Waals surface area contributed by atoms with E-state index in [0.717, 1.165) is 56.3 Å². The molecule has 9 heteroatoms. The third kappa shape index (κ3) is 6.98. The molecule has 1 atom stereocenters. The summed E-state index contributed by atoms with van der Waals surface area (Å²) in [5.41, 5.74) is 3.42. The number of carbonyl (C=O) groups is 2. The molecule has 7 nitrogen and oxygen atoms in total. The van der Waals surface area contributed by atoms with Crippen molar-refractivity contribution in [3.05, 3.63) is 69.1 Å². The zero-order valence-corrected chi connectivity index (χ0v) is 26.2. The summed E-state index contributed by atoms with van der Waals surface area (Å²) >= 11 is 7.64. The van der Waals surface area contributed by atoms with Crippen LogP contribution >= 0.6 is 22.9 Å². The number of anilines is 1. The third-order valence-electron chi connectivity index (χ3n) is 8.13. The average Bonchev–Trinajstić information content (AvgIpc) is 3.64. The van der Waals surface area contributed by atoms with Gasteiger partial charge in [-0.15, -0.1) is 11.3 Å². The molecule has 222 valence electrons. The van der Waals surface area contributed by atoms with Gasteiger partial charge in [-0.2, -0.15) is 0 Å². The molecule has 0 saturated carbocycles. The van der Waals surface area contributed by atoms with Gasteiger partial charge in [0.2, 0.25) is 0 Å². The normalized spacial score (nSPS) is 16.9. The smallest absolute Gasteiger partial charge is 0.260 e. The van der Waals surface area contributed by atoms with E-state index < -0.39 is 0 Å². The van der Waals surface area contributed by atoms with Gasteiger partial charge >= 0.3 is 0 Å². The molecule has 1 fully saturated rings. The van der Waals surface area contributed by atoms with Crippen LogP contribution in [0.2, 0.25) is 5.02 Å². The van der Waals surface area contributed by atoms with Gasteiger partial charge in [-0.1, -0.05) is 32.4 Å². The molecule has 5 rings (SSSR count). The molecule has 42 heavy (non-hydrogen) atoms. The van der Waals surface area contributed by atoms with Crippen molar-refractivity contribution in [1.29, 1.82) is 0 Å². The zero-order valence-electron chi connectivity index (χ0n) is 24.7. The van der Waals surface area contributed by atoms with Crippen LogP contribution in [0.25, 0.3) is 0 Å². The van der Waals surface area contributed by atoms with Gasteiger partial charge < -0.3 is 19.7 Å². The second-order valence-corrected chi connectivity index (χ2v) is 13.5. The quantitative estimate of drug-likeness (QED) is 0.268. The van der Waals surface area contributed by atoms with Gasteiger partial charge in [0.15, 0.2) is 18.1 Å². The number of nitrogens with zero attached hydrogens (tertiary/aromatic N) is 2. The van der Waals surface area contributed by atoms with Crippen molar-refractivity contribution in [2.24, 2.45) is 16.3 Å². The van der Waals surface area contributed by atoms with Gasteiger partial charge in [0.25, 0.3) is 11.8 Å². The highest BCUT2D eigenvalue weighted by atomic mass is 35.5. The van der Waals surface area contributed by atoms with E-state index in [4.69, 9.17) is 26.1 Å². The van der Waals surface area contributed by atoms with Crippen LogP contribution in [-0.2, 0) is 17.6 Å². The van der Waals surface area contributed by atoms with E-state index >= 15 is 0 Å². The maximum Gasteiger partial charge on any atom is 0.260 e. The van der Waals surface area contributed by atoms with Crippen LogP contribution in [0.4, 0.5) is 10.7 Å². The molecule has 2 aromatic carbocycles. The Balaban J connectivity index is 1.39. The molecule has 0 bridgehead atoms. The molecule has 2 amide bonds. The van der Waals surface area contributed by atoms with Crippen LogP contribution in [0, 0.1) is 11.3 Å². The minimum Gasteiger partial charge on any atom is -0.493 e. The van der Waals surface area contributed by atoms with Crippen LogP contribution < -0.4 is 14.8 Å². The lowest BCUT2D eigenvalue weighted by Crippen LogP contribution is -2.32. The minimum absolute atomic E-state index is 0.0139. The number of amides is 2. The zero-order chi connectivity index (χ0) is 29.9. The lowest BCUT2D eigenvalue weighted by Gasteiger charge is -2.33. The van der Waals surface area contributed by atoms with Crippen LogP contribution in [0.3, 0.4) is 0 Å². The first-order valence-electron chi connectivity index (χ1n) is 14.5. The van der Waals surface area contributed by atoms with Gasteiger partial charge in [0, 0.05) is 34.9 Å². The summed E-state index contributed by atoms with van der Waals surface area (Å²) in [6.07, 6.45) is 6.66. The number of methoxy groups -OCH3 is 1. The Bertz CT molecular complexity index is 1470. The number of nitrogens with one attached hydrogen (secondary N) is 1. The Morgan fingerprint density at radius 3 is 2.55 bits per heavy atom. The minimum atomic E-state index is -0.167. The molecule has 1 saturated heterocycles. The molecular weight excluding hydrogens is 570 g/mol. The Labute approximate surface area is 256 Å². The van der Waals surface area contributed by atoms with Crippen molar-refractivity contribution < 1.29 is 19.1 Å². The van der Waals surface area contributed by atoms with Crippen molar-refractivity contribution in [2.75, 3.05) is 32.1 Å². The fourth-order valence-corrected chi connectivity index (χ4v) is 6.97. The molecule has 1 aliphatic heterocycles. The van der Waals surface area contributed by atoms with Gasteiger partial charge in [-0.3, -0.25) is 9.59 Å². The molecule has 0 unspecified atom stereocenters. The monoisotopic (exact) mass is 607 g/mol. The fraction of sp³-hybridized carbons (Fsp3) is 0.424. The number of likely N-dealkylation sites (tertiary alicyclic amines) is 1. The van der Waals surface area contributed by atoms with Gasteiger partial charge in [0.05, 0.1) is 12.7 Å². The number of benzene rings is 2. The van der Waals surface area contributed by atoms with E-state index in [9.17, 15) is 9.59 Å². The average molecular weight is 608 g/mol. The number of rotatable bonds is 8. The molecular formula is C33H38ClN3O4S. The van der Waals surface area contributed by atoms with Gasteiger partial charge in [-0.25, -0.2) is 4.99 Å². The predicted octanol–water partition coefficient (Wildman–Crippen LogP) is 7.57.